The average Bonchev–Trinajstić information content (AvgIpc) is 2.90. The van der Waals surface area contributed by atoms with E-state index in [0.29, 0.717) is 16.3 Å². The van der Waals surface area contributed by atoms with Gasteiger partial charge >= 0.3 is 5.97 Å². The minimum Gasteiger partial charge on any atom is -0.493 e. The number of carbonyl (C=O) groups is 3. The maximum absolute atomic E-state index is 13.1. The molecule has 144 valence electrons. The van der Waals surface area contributed by atoms with Crippen LogP contribution in [-0.4, -0.2) is 47.5 Å². The van der Waals surface area contributed by atoms with Crippen LogP contribution in [0.3, 0.4) is 0 Å². The summed E-state index contributed by atoms with van der Waals surface area (Å²) < 4.78 is 11.1. The van der Waals surface area contributed by atoms with Crippen LogP contribution in [-0.2, 0) is 19.1 Å². The van der Waals surface area contributed by atoms with Crippen LogP contribution in [0.1, 0.15) is 32.4 Å². The van der Waals surface area contributed by atoms with Crippen molar-refractivity contribution in [2.45, 2.75) is 38.4 Å². The summed E-state index contributed by atoms with van der Waals surface area (Å²) in [6.45, 7) is 5.40. The first-order valence-electron chi connectivity index (χ1n) is 9.03. The minimum absolute atomic E-state index is 0.193. The fraction of sp³-hybridized carbons (Fsp3) is 0.526. The van der Waals surface area contributed by atoms with Crippen molar-refractivity contribution in [3.63, 3.8) is 0 Å². The zero-order valence-electron chi connectivity index (χ0n) is 15.3. The van der Waals surface area contributed by atoms with Gasteiger partial charge in [-0.15, -0.1) is 0 Å². The van der Waals surface area contributed by atoms with E-state index in [1.807, 2.05) is 0 Å². The second-order valence-electron chi connectivity index (χ2n) is 7.38. The van der Waals surface area contributed by atoms with Gasteiger partial charge in [0.15, 0.2) is 0 Å². The van der Waals surface area contributed by atoms with Crippen molar-refractivity contribution < 1.29 is 23.9 Å². The first-order chi connectivity index (χ1) is 12.8. The summed E-state index contributed by atoms with van der Waals surface area (Å²) in [4.78, 5) is 40.5. The fourth-order valence-electron chi connectivity index (χ4n) is 4.72. The van der Waals surface area contributed by atoms with Gasteiger partial charge in [-0.25, -0.2) is 0 Å². The molecular formula is C19H21ClN2O5. The van der Waals surface area contributed by atoms with Gasteiger partial charge in [-0.2, -0.15) is 0 Å². The summed E-state index contributed by atoms with van der Waals surface area (Å²) in [6, 6.07) is 4.06. The third kappa shape index (κ3) is 2.37. The summed E-state index contributed by atoms with van der Waals surface area (Å²) in [5, 5.41) is 3.21. The number of esters is 1. The van der Waals surface area contributed by atoms with Crippen LogP contribution in [0.25, 0.3) is 0 Å². The highest BCUT2D eigenvalue weighted by Crippen LogP contribution is 2.56. The van der Waals surface area contributed by atoms with Gasteiger partial charge in [0, 0.05) is 16.5 Å². The number of nitrogens with zero attached hydrogens (tertiary/aromatic N) is 1. The molecule has 3 heterocycles. The maximum atomic E-state index is 13.1. The molecule has 1 N–H and O–H groups in total. The van der Waals surface area contributed by atoms with Crippen molar-refractivity contribution in [2.75, 3.05) is 13.2 Å². The van der Waals surface area contributed by atoms with Crippen molar-refractivity contribution in [1.82, 2.24) is 10.2 Å². The molecule has 0 aromatic heterocycles. The van der Waals surface area contributed by atoms with E-state index < -0.39 is 35.4 Å². The number of carbonyl (C=O) groups excluding carboxylic acids is 3. The Labute approximate surface area is 161 Å². The molecule has 0 spiro atoms. The van der Waals surface area contributed by atoms with Crippen molar-refractivity contribution in [2.24, 2.45) is 11.8 Å². The molecule has 0 radical (unpaired) electrons. The molecule has 1 aromatic rings. The lowest BCUT2D eigenvalue weighted by molar-refractivity contribution is -0.164. The third-order valence-corrected chi connectivity index (χ3v) is 6.13. The maximum Gasteiger partial charge on any atom is 0.312 e. The Bertz CT molecular complexity index is 843. The van der Waals surface area contributed by atoms with Gasteiger partial charge in [-0.05, 0) is 39.0 Å². The number of ether oxygens (including phenoxy) is 2. The van der Waals surface area contributed by atoms with Gasteiger partial charge in [0.2, 0.25) is 11.8 Å². The first-order valence-corrected chi connectivity index (χ1v) is 9.41. The molecule has 4 rings (SSSR count). The van der Waals surface area contributed by atoms with E-state index in [2.05, 4.69) is 5.32 Å². The Balaban J connectivity index is 1.92. The van der Waals surface area contributed by atoms with Gasteiger partial charge in [-0.3, -0.25) is 14.4 Å². The lowest BCUT2D eigenvalue weighted by atomic mass is 9.77. The summed E-state index contributed by atoms with van der Waals surface area (Å²) in [5.74, 6) is -1.70. The van der Waals surface area contributed by atoms with E-state index in [-0.39, 0.29) is 25.0 Å². The standard InChI is InChI=1S/C19H21ClN2O5/c1-4-26-17(24)14-12-8-27-13-6-5-10(20)7-11(13)15(12)22-16(23)9(2)21-18(25)19(14,22)3/h5-7,9,12,14-15H,4,8H2,1-3H3,(H,21,25)/t9-,12-,14-,15+,19-/m1/s1. The number of benzene rings is 1. The highest BCUT2D eigenvalue weighted by Gasteiger charge is 2.68. The molecule has 0 unspecified atom stereocenters. The Morgan fingerprint density at radius 1 is 1.44 bits per heavy atom. The summed E-state index contributed by atoms with van der Waals surface area (Å²) in [7, 11) is 0. The smallest absolute Gasteiger partial charge is 0.312 e. The number of nitrogens with one attached hydrogen (secondary N) is 1. The Morgan fingerprint density at radius 2 is 2.19 bits per heavy atom. The molecule has 1 aromatic carbocycles. The predicted molar refractivity (Wildman–Crippen MR) is 96.2 cm³/mol. The molecule has 7 nitrogen and oxygen atoms in total. The molecule has 2 amide bonds. The molecule has 3 aliphatic rings. The van der Waals surface area contributed by atoms with Crippen LogP contribution < -0.4 is 10.1 Å². The van der Waals surface area contributed by atoms with Gasteiger partial charge in [0.25, 0.3) is 0 Å². The van der Waals surface area contributed by atoms with Crippen molar-refractivity contribution in [3.05, 3.63) is 28.8 Å². The summed E-state index contributed by atoms with van der Waals surface area (Å²) in [5.41, 5.74) is -0.634. The highest BCUT2D eigenvalue weighted by atomic mass is 35.5. The summed E-state index contributed by atoms with van der Waals surface area (Å²) >= 11 is 6.19. The first kappa shape index (κ1) is 18.1. The van der Waals surface area contributed by atoms with Crippen LogP contribution in [0.4, 0.5) is 0 Å². The molecule has 2 fully saturated rings. The SMILES string of the molecule is CCOC(=O)[C@H]1[C@H]2COc3ccc(Cl)cc3[C@@H]2N2C(=O)[C@@H](C)NC(=O)[C@@]12C. The van der Waals surface area contributed by atoms with E-state index in [4.69, 9.17) is 21.1 Å². The number of hydrogen-bond acceptors (Lipinski definition) is 5. The van der Waals surface area contributed by atoms with E-state index in [9.17, 15) is 14.4 Å². The average molecular weight is 393 g/mol. The lowest BCUT2D eigenvalue weighted by Gasteiger charge is -2.45. The number of piperazine rings is 1. The van der Waals surface area contributed by atoms with Crippen LogP contribution in [0, 0.1) is 11.8 Å². The molecule has 8 heteroatoms. The van der Waals surface area contributed by atoms with Crippen LogP contribution in [0.5, 0.6) is 5.75 Å². The molecular weight excluding hydrogens is 372 g/mol. The van der Waals surface area contributed by atoms with Crippen LogP contribution >= 0.6 is 11.6 Å². The second kappa shape index (κ2) is 6.12. The fourth-order valence-corrected chi connectivity index (χ4v) is 4.90. The zero-order valence-corrected chi connectivity index (χ0v) is 16.1. The number of rotatable bonds is 2. The van der Waals surface area contributed by atoms with Gasteiger partial charge in [-0.1, -0.05) is 11.6 Å². The molecule has 0 saturated carbocycles. The van der Waals surface area contributed by atoms with Gasteiger partial charge < -0.3 is 19.7 Å². The number of halogens is 1. The molecule has 3 aliphatic heterocycles. The monoisotopic (exact) mass is 392 g/mol. The summed E-state index contributed by atoms with van der Waals surface area (Å²) in [6.07, 6.45) is 0. The Kier molecular flexibility index (Phi) is 4.10. The second-order valence-corrected chi connectivity index (χ2v) is 7.82. The minimum atomic E-state index is -1.35. The van der Waals surface area contributed by atoms with E-state index in [1.54, 1.807) is 43.9 Å². The quantitative estimate of drug-likeness (QED) is 0.774. The van der Waals surface area contributed by atoms with Gasteiger partial charge in [0.05, 0.1) is 25.2 Å². The van der Waals surface area contributed by atoms with Crippen LogP contribution in [0.15, 0.2) is 18.2 Å². The zero-order chi connectivity index (χ0) is 19.5. The molecule has 0 aliphatic carbocycles. The third-order valence-electron chi connectivity index (χ3n) is 5.90. The lowest BCUT2D eigenvalue weighted by Crippen LogP contribution is -2.69. The van der Waals surface area contributed by atoms with Gasteiger partial charge in [0.1, 0.15) is 17.3 Å². The van der Waals surface area contributed by atoms with E-state index in [0.717, 1.165) is 0 Å². The van der Waals surface area contributed by atoms with E-state index >= 15 is 0 Å². The molecule has 0 bridgehead atoms. The topological polar surface area (TPSA) is 84.9 Å². The number of amides is 2. The van der Waals surface area contributed by atoms with Crippen LogP contribution in [0.2, 0.25) is 5.02 Å². The van der Waals surface area contributed by atoms with Crippen molar-refractivity contribution in [1.29, 1.82) is 0 Å². The highest BCUT2D eigenvalue weighted by molar-refractivity contribution is 6.30. The largest absolute Gasteiger partial charge is 0.493 e. The molecule has 5 atom stereocenters. The predicted octanol–water partition coefficient (Wildman–Crippen LogP) is 1.69. The Hall–Kier alpha value is -2.28. The van der Waals surface area contributed by atoms with E-state index in [1.165, 1.54) is 0 Å². The van der Waals surface area contributed by atoms with Crippen molar-refractivity contribution in [3.8, 4) is 5.75 Å². The number of fused-ring (bicyclic) bond motifs is 5. The molecule has 2 saturated heterocycles. The number of hydrogen-bond donors (Lipinski definition) is 1. The Morgan fingerprint density at radius 3 is 2.89 bits per heavy atom. The normalized spacial score (nSPS) is 34.1. The van der Waals surface area contributed by atoms with Crippen molar-refractivity contribution >= 4 is 29.4 Å². The molecule has 27 heavy (non-hydrogen) atoms.